The number of nitrogens with one attached hydrogen (secondary N) is 2. The van der Waals surface area contributed by atoms with Gasteiger partial charge in [-0.1, -0.05) is 34.1 Å². The van der Waals surface area contributed by atoms with E-state index in [1.807, 2.05) is 42.5 Å². The van der Waals surface area contributed by atoms with E-state index in [1.165, 1.54) is 5.56 Å². The molecule has 0 bridgehead atoms. The topological polar surface area (TPSA) is 33.3 Å². The van der Waals surface area contributed by atoms with E-state index < -0.39 is 0 Å². The molecule has 0 amide bonds. The molecular weight excluding hydrogens is 348 g/mol. The summed E-state index contributed by atoms with van der Waals surface area (Å²) in [6.07, 6.45) is 0.853. The van der Waals surface area contributed by atoms with Crippen molar-refractivity contribution in [1.29, 1.82) is 0 Å². The van der Waals surface area contributed by atoms with Gasteiger partial charge in [-0.25, -0.2) is 0 Å². The second-order valence-electron chi connectivity index (χ2n) is 4.45. The van der Waals surface area contributed by atoms with Crippen molar-refractivity contribution < 1.29 is 4.74 Å². The smallest absolute Gasteiger partial charge is 0.170 e. The molecule has 3 nitrogen and oxygen atoms in total. The van der Waals surface area contributed by atoms with Gasteiger partial charge in [-0.2, -0.15) is 0 Å². The minimum absolute atomic E-state index is 0.618. The molecule has 2 N–H and O–H groups in total. The Morgan fingerprint density at radius 3 is 2.57 bits per heavy atom. The van der Waals surface area contributed by atoms with Crippen LogP contribution >= 0.6 is 28.1 Å². The average molecular weight is 365 g/mol. The Morgan fingerprint density at radius 1 is 1.14 bits per heavy atom. The predicted octanol–water partition coefficient (Wildman–Crippen LogP) is 3.99. The highest BCUT2D eigenvalue weighted by Gasteiger charge is 2.02. The molecule has 0 radical (unpaired) electrons. The van der Waals surface area contributed by atoms with Gasteiger partial charge in [0, 0.05) is 16.7 Å². The SMILES string of the molecule is COc1ccccc1CCNC(=S)Nc1ccc(Br)cc1. The number of anilines is 1. The molecule has 0 unspecified atom stereocenters. The summed E-state index contributed by atoms with van der Waals surface area (Å²) in [6, 6.07) is 15.9. The fourth-order valence-corrected chi connectivity index (χ4v) is 2.41. The van der Waals surface area contributed by atoms with E-state index in [2.05, 4.69) is 32.6 Å². The zero-order valence-electron chi connectivity index (χ0n) is 11.7. The molecule has 0 fully saturated rings. The van der Waals surface area contributed by atoms with Crippen LogP contribution in [0.5, 0.6) is 5.75 Å². The largest absolute Gasteiger partial charge is 0.496 e. The summed E-state index contributed by atoms with van der Waals surface area (Å²) in [6.45, 7) is 0.753. The normalized spacial score (nSPS) is 10.0. The molecule has 110 valence electrons. The van der Waals surface area contributed by atoms with Gasteiger partial charge >= 0.3 is 0 Å². The maximum atomic E-state index is 5.33. The first kappa shape index (κ1) is 15.8. The van der Waals surface area contributed by atoms with Crippen molar-refractivity contribution in [3.05, 3.63) is 58.6 Å². The predicted molar refractivity (Wildman–Crippen MR) is 95.1 cm³/mol. The average Bonchev–Trinajstić information content (AvgIpc) is 2.50. The van der Waals surface area contributed by atoms with Crippen LogP contribution in [-0.2, 0) is 6.42 Å². The molecule has 2 aromatic rings. The fourth-order valence-electron chi connectivity index (χ4n) is 1.93. The van der Waals surface area contributed by atoms with Gasteiger partial charge in [0.1, 0.15) is 5.75 Å². The first-order valence-corrected chi connectivity index (χ1v) is 7.81. The molecule has 0 heterocycles. The molecule has 0 aliphatic rings. The van der Waals surface area contributed by atoms with E-state index in [1.54, 1.807) is 7.11 Å². The molecule has 0 aliphatic carbocycles. The Hall–Kier alpha value is -1.59. The van der Waals surface area contributed by atoms with Gasteiger partial charge in [0.15, 0.2) is 5.11 Å². The number of hydrogen-bond donors (Lipinski definition) is 2. The number of benzene rings is 2. The third kappa shape index (κ3) is 5.02. The van der Waals surface area contributed by atoms with Gasteiger partial charge in [-0.15, -0.1) is 0 Å². The van der Waals surface area contributed by atoms with E-state index in [9.17, 15) is 0 Å². The van der Waals surface area contributed by atoms with Crippen molar-refractivity contribution in [2.24, 2.45) is 0 Å². The molecule has 0 saturated heterocycles. The van der Waals surface area contributed by atoms with E-state index in [4.69, 9.17) is 17.0 Å². The summed E-state index contributed by atoms with van der Waals surface area (Å²) in [5.41, 5.74) is 2.13. The van der Waals surface area contributed by atoms with Crippen molar-refractivity contribution in [2.75, 3.05) is 19.0 Å². The third-order valence-corrected chi connectivity index (χ3v) is 3.75. The van der Waals surface area contributed by atoms with Gasteiger partial charge in [0.05, 0.1) is 7.11 Å². The minimum Gasteiger partial charge on any atom is -0.496 e. The number of para-hydroxylation sites is 1. The quantitative estimate of drug-likeness (QED) is 0.786. The third-order valence-electron chi connectivity index (χ3n) is 2.97. The molecule has 0 saturated carbocycles. The molecule has 0 spiro atoms. The molecule has 0 atom stereocenters. The van der Waals surface area contributed by atoms with E-state index in [0.717, 1.165) is 28.9 Å². The van der Waals surface area contributed by atoms with Gasteiger partial charge in [-0.3, -0.25) is 0 Å². The highest BCUT2D eigenvalue weighted by Crippen LogP contribution is 2.17. The Kier molecular flexibility index (Phi) is 6.02. The lowest BCUT2D eigenvalue weighted by Crippen LogP contribution is -2.30. The Labute approximate surface area is 138 Å². The maximum Gasteiger partial charge on any atom is 0.170 e. The number of rotatable bonds is 5. The molecule has 21 heavy (non-hydrogen) atoms. The number of thiocarbonyl (C=S) groups is 1. The summed E-state index contributed by atoms with van der Waals surface area (Å²) >= 11 is 8.69. The summed E-state index contributed by atoms with van der Waals surface area (Å²) in [5, 5.41) is 6.97. The Bertz CT molecular complexity index is 601. The number of ether oxygens (including phenoxy) is 1. The highest BCUT2D eigenvalue weighted by atomic mass is 79.9. The van der Waals surface area contributed by atoms with Crippen LogP contribution < -0.4 is 15.4 Å². The van der Waals surface area contributed by atoms with Gasteiger partial charge in [0.2, 0.25) is 0 Å². The molecule has 0 aromatic heterocycles. The molecule has 5 heteroatoms. The lowest BCUT2D eigenvalue weighted by molar-refractivity contribution is 0.409. The van der Waals surface area contributed by atoms with Crippen LogP contribution in [0.2, 0.25) is 0 Å². The zero-order valence-corrected chi connectivity index (χ0v) is 14.1. The second-order valence-corrected chi connectivity index (χ2v) is 5.77. The number of methoxy groups -OCH3 is 1. The molecule has 2 rings (SSSR count). The highest BCUT2D eigenvalue weighted by molar-refractivity contribution is 9.10. The summed E-state index contributed by atoms with van der Waals surface area (Å²) < 4.78 is 6.37. The van der Waals surface area contributed by atoms with Gasteiger partial charge in [0.25, 0.3) is 0 Å². The van der Waals surface area contributed by atoms with E-state index in [-0.39, 0.29) is 0 Å². The zero-order chi connectivity index (χ0) is 15.1. The van der Waals surface area contributed by atoms with Crippen molar-refractivity contribution in [3.63, 3.8) is 0 Å². The van der Waals surface area contributed by atoms with Crippen LogP contribution in [0.1, 0.15) is 5.56 Å². The van der Waals surface area contributed by atoms with Crippen LogP contribution in [0.25, 0.3) is 0 Å². The van der Waals surface area contributed by atoms with Crippen molar-refractivity contribution in [3.8, 4) is 5.75 Å². The summed E-state index contributed by atoms with van der Waals surface area (Å²) in [7, 11) is 1.69. The lowest BCUT2D eigenvalue weighted by Gasteiger charge is -2.12. The first-order chi connectivity index (χ1) is 10.2. The maximum absolute atomic E-state index is 5.33. The Balaban J connectivity index is 1.80. The Morgan fingerprint density at radius 2 is 1.86 bits per heavy atom. The van der Waals surface area contributed by atoms with Crippen LogP contribution in [0.3, 0.4) is 0 Å². The van der Waals surface area contributed by atoms with E-state index >= 15 is 0 Å². The van der Waals surface area contributed by atoms with Gasteiger partial charge in [-0.05, 0) is 54.5 Å². The minimum atomic E-state index is 0.618. The summed E-state index contributed by atoms with van der Waals surface area (Å²) in [5.74, 6) is 0.908. The van der Waals surface area contributed by atoms with E-state index in [0.29, 0.717) is 5.11 Å². The van der Waals surface area contributed by atoms with Crippen LogP contribution in [0.15, 0.2) is 53.0 Å². The van der Waals surface area contributed by atoms with Crippen LogP contribution in [0, 0.1) is 0 Å². The molecule has 2 aromatic carbocycles. The number of hydrogen-bond acceptors (Lipinski definition) is 2. The molecular formula is C16H17BrN2OS. The van der Waals surface area contributed by atoms with Crippen molar-refractivity contribution in [1.82, 2.24) is 5.32 Å². The second kappa shape index (κ2) is 8.00. The summed E-state index contributed by atoms with van der Waals surface area (Å²) in [4.78, 5) is 0. The standard InChI is InChI=1S/C16H17BrN2OS/c1-20-15-5-3-2-4-12(15)10-11-18-16(21)19-14-8-6-13(17)7-9-14/h2-9H,10-11H2,1H3,(H2,18,19,21). The molecule has 0 aliphatic heterocycles. The van der Waals surface area contributed by atoms with Crippen LogP contribution in [0.4, 0.5) is 5.69 Å². The first-order valence-electron chi connectivity index (χ1n) is 6.61. The van der Waals surface area contributed by atoms with Crippen molar-refractivity contribution >= 4 is 38.9 Å². The monoisotopic (exact) mass is 364 g/mol. The van der Waals surface area contributed by atoms with Crippen molar-refractivity contribution in [2.45, 2.75) is 6.42 Å². The fraction of sp³-hybridized carbons (Fsp3) is 0.188. The van der Waals surface area contributed by atoms with Crippen LogP contribution in [-0.4, -0.2) is 18.8 Å². The number of halogens is 1. The van der Waals surface area contributed by atoms with Gasteiger partial charge < -0.3 is 15.4 Å². The lowest BCUT2D eigenvalue weighted by atomic mass is 10.1.